The molecule has 1 aliphatic carbocycles. The van der Waals surface area contributed by atoms with Gasteiger partial charge in [0.15, 0.2) is 0 Å². The molecule has 0 atom stereocenters. The second-order valence-electron chi connectivity index (χ2n) is 7.81. The number of alkyl halides is 3. The molecule has 4 aromatic rings. The molecule has 1 fully saturated rings. The van der Waals surface area contributed by atoms with Gasteiger partial charge in [-0.3, -0.25) is 4.40 Å². The van der Waals surface area contributed by atoms with E-state index in [2.05, 4.69) is 27.0 Å². The normalized spacial score (nSPS) is 14.9. The standard InChI is InChI=1S/C22H13ClF5N5/c1-32(15-7-12(6-14(24)10-15)2-3-21(4-5-21)22(26,27)28)19-18-16(25)8-13(23)9-17(18)33-11-29-31-20(33)30-19/h6-11H,4-5H2,1H3. The molecule has 0 unspecified atom stereocenters. The van der Waals surface area contributed by atoms with Gasteiger partial charge in [0.2, 0.25) is 0 Å². The summed E-state index contributed by atoms with van der Waals surface area (Å²) in [4.78, 5) is 5.74. The Morgan fingerprint density at radius 3 is 2.58 bits per heavy atom. The lowest BCUT2D eigenvalue weighted by Crippen LogP contribution is -2.22. The quantitative estimate of drug-likeness (QED) is 0.276. The van der Waals surface area contributed by atoms with Crippen LogP contribution in [0.25, 0.3) is 16.7 Å². The van der Waals surface area contributed by atoms with Gasteiger partial charge < -0.3 is 4.90 Å². The molecule has 0 spiro atoms. The summed E-state index contributed by atoms with van der Waals surface area (Å²) in [5.74, 6) is 3.57. The van der Waals surface area contributed by atoms with Crippen molar-refractivity contribution in [1.29, 1.82) is 0 Å². The Kier molecular flexibility index (Phi) is 4.72. The molecule has 0 radical (unpaired) electrons. The third-order valence-corrected chi connectivity index (χ3v) is 5.80. The van der Waals surface area contributed by atoms with Gasteiger partial charge in [0.05, 0.1) is 10.9 Å². The zero-order valence-corrected chi connectivity index (χ0v) is 17.6. The number of aromatic nitrogens is 4. The molecule has 5 rings (SSSR count). The molecule has 2 heterocycles. The van der Waals surface area contributed by atoms with Crippen molar-refractivity contribution in [1.82, 2.24) is 19.6 Å². The molecular weight excluding hydrogens is 465 g/mol. The van der Waals surface area contributed by atoms with Crippen LogP contribution in [-0.4, -0.2) is 32.8 Å². The van der Waals surface area contributed by atoms with Crippen molar-refractivity contribution >= 4 is 39.8 Å². The average molecular weight is 478 g/mol. The highest BCUT2D eigenvalue weighted by Gasteiger charge is 2.62. The largest absolute Gasteiger partial charge is 0.405 e. The van der Waals surface area contributed by atoms with Gasteiger partial charge >= 0.3 is 6.18 Å². The summed E-state index contributed by atoms with van der Waals surface area (Å²) < 4.78 is 70.3. The van der Waals surface area contributed by atoms with Crippen molar-refractivity contribution in [2.45, 2.75) is 19.0 Å². The lowest BCUT2D eigenvalue weighted by atomic mass is 10.1. The highest BCUT2D eigenvalue weighted by Crippen LogP contribution is 2.57. The first-order valence-electron chi connectivity index (χ1n) is 9.71. The Bertz CT molecular complexity index is 1480. The van der Waals surface area contributed by atoms with Gasteiger partial charge in [0, 0.05) is 23.3 Å². The SMILES string of the molecule is CN(c1cc(F)cc(C#CC2(C(F)(F)F)CC2)c1)c1nc2nncn2c2cc(Cl)cc(F)c12. The number of fused-ring (bicyclic) bond motifs is 3. The second-order valence-corrected chi connectivity index (χ2v) is 8.24. The second kappa shape index (κ2) is 7.28. The van der Waals surface area contributed by atoms with Crippen LogP contribution in [0.1, 0.15) is 18.4 Å². The van der Waals surface area contributed by atoms with E-state index in [0.717, 1.165) is 18.2 Å². The monoisotopic (exact) mass is 477 g/mol. The Hall–Kier alpha value is -3.45. The number of rotatable bonds is 2. The predicted octanol–water partition coefficient (Wildman–Crippen LogP) is 5.67. The maximum atomic E-state index is 14.9. The van der Waals surface area contributed by atoms with E-state index in [0.29, 0.717) is 5.52 Å². The highest BCUT2D eigenvalue weighted by atomic mass is 35.5. The van der Waals surface area contributed by atoms with E-state index in [9.17, 15) is 22.0 Å². The van der Waals surface area contributed by atoms with E-state index in [-0.39, 0.29) is 46.1 Å². The van der Waals surface area contributed by atoms with Crippen LogP contribution in [0.4, 0.5) is 33.5 Å². The molecule has 0 bridgehead atoms. The molecule has 11 heteroatoms. The minimum atomic E-state index is -4.44. The number of benzene rings is 2. The van der Waals surface area contributed by atoms with E-state index in [1.807, 2.05) is 0 Å². The van der Waals surface area contributed by atoms with Gasteiger partial charge in [-0.15, -0.1) is 10.2 Å². The smallest absolute Gasteiger partial charge is 0.329 e. The lowest BCUT2D eigenvalue weighted by molar-refractivity contribution is -0.168. The number of nitrogens with zero attached hydrogens (tertiary/aromatic N) is 5. The van der Waals surface area contributed by atoms with Crippen molar-refractivity contribution in [3.05, 3.63) is 58.9 Å². The third-order valence-electron chi connectivity index (χ3n) is 5.58. The summed E-state index contributed by atoms with van der Waals surface area (Å²) in [7, 11) is 1.52. The first kappa shape index (κ1) is 21.4. The van der Waals surface area contributed by atoms with Crippen LogP contribution >= 0.6 is 11.6 Å². The minimum Gasteiger partial charge on any atom is -0.329 e. The fourth-order valence-electron chi connectivity index (χ4n) is 3.60. The minimum absolute atomic E-state index is 0.0590. The summed E-state index contributed by atoms with van der Waals surface area (Å²) in [6.45, 7) is 0. The zero-order chi connectivity index (χ0) is 23.5. The van der Waals surface area contributed by atoms with Gasteiger partial charge in [-0.2, -0.15) is 18.2 Å². The van der Waals surface area contributed by atoms with Gasteiger partial charge in [-0.25, -0.2) is 8.78 Å². The maximum absolute atomic E-state index is 14.9. The molecule has 1 aliphatic rings. The molecule has 0 saturated heterocycles. The first-order valence-corrected chi connectivity index (χ1v) is 10.1. The van der Waals surface area contributed by atoms with E-state index in [1.165, 1.54) is 34.8 Å². The highest BCUT2D eigenvalue weighted by molar-refractivity contribution is 6.31. The van der Waals surface area contributed by atoms with Crippen LogP contribution in [0.3, 0.4) is 0 Å². The average Bonchev–Trinajstić information content (AvgIpc) is 3.40. The van der Waals surface area contributed by atoms with E-state index < -0.39 is 23.2 Å². The predicted molar refractivity (Wildman–Crippen MR) is 112 cm³/mol. The number of halogens is 6. The van der Waals surface area contributed by atoms with Crippen LogP contribution < -0.4 is 4.90 Å². The van der Waals surface area contributed by atoms with E-state index >= 15 is 0 Å². The molecule has 1 saturated carbocycles. The van der Waals surface area contributed by atoms with E-state index in [1.54, 1.807) is 0 Å². The summed E-state index contributed by atoms with van der Waals surface area (Å²) in [6, 6.07) is 6.25. The first-order chi connectivity index (χ1) is 15.6. The zero-order valence-electron chi connectivity index (χ0n) is 16.9. The van der Waals surface area contributed by atoms with Crippen LogP contribution in [0, 0.1) is 28.9 Å². The van der Waals surface area contributed by atoms with Crippen molar-refractivity contribution < 1.29 is 22.0 Å². The Balaban J connectivity index is 1.63. The number of hydrogen-bond donors (Lipinski definition) is 0. The van der Waals surface area contributed by atoms with Crippen molar-refractivity contribution in [3.63, 3.8) is 0 Å². The van der Waals surface area contributed by atoms with Crippen LogP contribution in [0.5, 0.6) is 0 Å². The molecule has 2 aromatic heterocycles. The molecule has 168 valence electrons. The molecule has 0 aliphatic heterocycles. The summed E-state index contributed by atoms with van der Waals surface area (Å²) in [5, 5.41) is 7.91. The Labute approximate surface area is 188 Å². The van der Waals surface area contributed by atoms with Gasteiger partial charge in [-0.05, 0) is 43.2 Å². The molecule has 5 nitrogen and oxygen atoms in total. The fraction of sp³-hybridized carbons (Fsp3) is 0.227. The molecule has 33 heavy (non-hydrogen) atoms. The fourth-order valence-corrected chi connectivity index (χ4v) is 3.80. The molecular formula is C22H13ClF5N5. The van der Waals surface area contributed by atoms with Gasteiger partial charge in [0.1, 0.15) is 29.2 Å². The van der Waals surface area contributed by atoms with Gasteiger partial charge in [-0.1, -0.05) is 23.4 Å². The number of anilines is 2. The summed E-state index contributed by atoms with van der Waals surface area (Å²) in [5.41, 5.74) is -1.43. The van der Waals surface area contributed by atoms with Crippen LogP contribution in [0.2, 0.25) is 5.02 Å². The lowest BCUT2D eigenvalue weighted by Gasteiger charge is -2.21. The Morgan fingerprint density at radius 2 is 1.88 bits per heavy atom. The Morgan fingerprint density at radius 1 is 1.12 bits per heavy atom. The molecule has 2 aromatic carbocycles. The van der Waals surface area contributed by atoms with Crippen molar-refractivity contribution in [2.75, 3.05) is 11.9 Å². The van der Waals surface area contributed by atoms with Crippen LogP contribution in [-0.2, 0) is 0 Å². The topological polar surface area (TPSA) is 46.3 Å². The number of hydrogen-bond acceptors (Lipinski definition) is 4. The maximum Gasteiger partial charge on any atom is 0.405 e. The molecule has 0 amide bonds. The third kappa shape index (κ3) is 3.62. The van der Waals surface area contributed by atoms with E-state index in [4.69, 9.17) is 11.6 Å². The summed E-state index contributed by atoms with van der Waals surface area (Å²) >= 11 is 6.02. The van der Waals surface area contributed by atoms with Crippen molar-refractivity contribution in [3.8, 4) is 11.8 Å². The van der Waals surface area contributed by atoms with Gasteiger partial charge in [0.25, 0.3) is 5.78 Å². The molecule has 0 N–H and O–H groups in total. The summed E-state index contributed by atoms with van der Waals surface area (Å²) in [6.07, 6.45) is -3.25. The van der Waals surface area contributed by atoms with Crippen LogP contribution in [0.15, 0.2) is 36.7 Å². The van der Waals surface area contributed by atoms with Crippen molar-refractivity contribution in [2.24, 2.45) is 5.41 Å².